The zero-order chi connectivity index (χ0) is 20.5. The van der Waals surface area contributed by atoms with E-state index in [-0.39, 0.29) is 10.6 Å². The minimum Gasteiger partial charge on any atom is -0.406 e. The molecule has 0 bridgehead atoms. The van der Waals surface area contributed by atoms with E-state index in [1.165, 1.54) is 16.8 Å². The number of nitrogens with one attached hydrogen (secondary N) is 1. The van der Waals surface area contributed by atoms with Crippen LogP contribution in [0.25, 0.3) is 5.69 Å². The van der Waals surface area contributed by atoms with E-state index in [9.17, 15) is 21.6 Å². The number of nitrogens with zero attached hydrogens (tertiary/aromatic N) is 4. The molecule has 2 aromatic carbocycles. The van der Waals surface area contributed by atoms with Crippen molar-refractivity contribution in [3.8, 4) is 11.4 Å². The molecule has 0 fully saturated rings. The van der Waals surface area contributed by atoms with Crippen molar-refractivity contribution in [2.24, 2.45) is 0 Å². The Morgan fingerprint density at radius 1 is 1.11 bits per heavy atom. The van der Waals surface area contributed by atoms with Crippen LogP contribution in [0, 0.1) is 13.8 Å². The summed E-state index contributed by atoms with van der Waals surface area (Å²) in [5.41, 5.74) is 1.54. The fourth-order valence-electron chi connectivity index (χ4n) is 2.41. The lowest BCUT2D eigenvalue weighted by Gasteiger charge is -2.13. The van der Waals surface area contributed by atoms with E-state index in [0.29, 0.717) is 11.5 Å². The van der Waals surface area contributed by atoms with Crippen LogP contribution in [0.2, 0.25) is 0 Å². The minimum absolute atomic E-state index is 0.192. The molecule has 0 radical (unpaired) electrons. The minimum atomic E-state index is -4.93. The zero-order valence-electron chi connectivity index (χ0n) is 14.6. The molecule has 1 aromatic heterocycles. The van der Waals surface area contributed by atoms with Crippen molar-refractivity contribution >= 4 is 15.7 Å². The Morgan fingerprint density at radius 3 is 2.50 bits per heavy atom. The molecule has 0 spiro atoms. The first-order chi connectivity index (χ1) is 13.0. The maximum absolute atomic E-state index is 12.6. The standard InChI is InChI=1S/C16H14F3N5O3S/c1-10-6-7-12(8-15(10)24-11(2)20-22-23-24)21-28(25,26)14-5-3-4-13(9-14)27-16(17,18)19/h3-9,21H,1-2H3. The zero-order valence-corrected chi connectivity index (χ0v) is 15.4. The number of ether oxygens (including phenoxy) is 1. The third kappa shape index (κ3) is 4.39. The molecule has 0 aliphatic rings. The maximum atomic E-state index is 12.6. The summed E-state index contributed by atoms with van der Waals surface area (Å²) in [5, 5.41) is 11.2. The smallest absolute Gasteiger partial charge is 0.406 e. The summed E-state index contributed by atoms with van der Waals surface area (Å²) in [6.45, 7) is 3.48. The average Bonchev–Trinajstić information content (AvgIpc) is 3.01. The monoisotopic (exact) mass is 413 g/mol. The predicted octanol–water partition coefficient (Wildman–Crippen LogP) is 2.98. The van der Waals surface area contributed by atoms with Gasteiger partial charge in [0.15, 0.2) is 5.82 Å². The summed E-state index contributed by atoms with van der Waals surface area (Å²) in [4.78, 5) is -0.380. The van der Waals surface area contributed by atoms with Crippen LogP contribution < -0.4 is 9.46 Å². The number of anilines is 1. The molecule has 0 amide bonds. The van der Waals surface area contributed by atoms with Crippen molar-refractivity contribution in [2.75, 3.05) is 4.72 Å². The highest BCUT2D eigenvalue weighted by atomic mass is 32.2. The topological polar surface area (TPSA) is 99.0 Å². The Hall–Kier alpha value is -3.15. The third-order valence-electron chi connectivity index (χ3n) is 3.66. The maximum Gasteiger partial charge on any atom is 0.573 e. The van der Waals surface area contributed by atoms with Gasteiger partial charge in [-0.1, -0.05) is 12.1 Å². The van der Waals surface area contributed by atoms with Crippen LogP contribution in [-0.2, 0) is 10.0 Å². The fourth-order valence-corrected chi connectivity index (χ4v) is 3.49. The van der Waals surface area contributed by atoms with Crippen molar-refractivity contribution in [2.45, 2.75) is 25.1 Å². The Labute approximate surface area is 158 Å². The molecule has 0 aliphatic carbocycles. The van der Waals surface area contributed by atoms with Gasteiger partial charge in [-0.3, -0.25) is 4.72 Å². The Balaban J connectivity index is 1.91. The third-order valence-corrected chi connectivity index (χ3v) is 5.04. The van der Waals surface area contributed by atoms with Gasteiger partial charge < -0.3 is 4.74 Å². The molecule has 3 aromatic rings. The SMILES string of the molecule is Cc1ccc(NS(=O)(=O)c2cccc(OC(F)(F)F)c2)cc1-n1nnnc1C. The average molecular weight is 413 g/mol. The quantitative estimate of drug-likeness (QED) is 0.691. The molecule has 0 saturated heterocycles. The van der Waals surface area contributed by atoms with Gasteiger partial charge in [-0.2, -0.15) is 4.68 Å². The van der Waals surface area contributed by atoms with Gasteiger partial charge in [-0.05, 0) is 54.1 Å². The lowest BCUT2D eigenvalue weighted by molar-refractivity contribution is -0.274. The summed E-state index contributed by atoms with van der Waals surface area (Å²) >= 11 is 0. The van der Waals surface area contributed by atoms with Crippen molar-refractivity contribution in [3.63, 3.8) is 0 Å². The van der Waals surface area contributed by atoms with Gasteiger partial charge in [0, 0.05) is 6.07 Å². The molecule has 28 heavy (non-hydrogen) atoms. The Bertz CT molecular complexity index is 1110. The van der Waals surface area contributed by atoms with E-state index in [2.05, 4.69) is 25.0 Å². The number of hydrogen-bond acceptors (Lipinski definition) is 6. The number of alkyl halides is 3. The second-order valence-electron chi connectivity index (χ2n) is 5.77. The van der Waals surface area contributed by atoms with Gasteiger partial charge in [0.1, 0.15) is 5.75 Å². The molecule has 12 heteroatoms. The first-order valence-electron chi connectivity index (χ1n) is 7.80. The summed E-state index contributed by atoms with van der Waals surface area (Å²) < 4.78 is 69.8. The molecular formula is C16H14F3N5O3S. The highest BCUT2D eigenvalue weighted by Crippen LogP contribution is 2.27. The summed E-state index contributed by atoms with van der Waals surface area (Å²) in [6, 6.07) is 8.82. The largest absolute Gasteiger partial charge is 0.573 e. The van der Waals surface area contributed by atoms with Crippen LogP contribution in [0.3, 0.4) is 0 Å². The number of aromatic nitrogens is 4. The molecule has 148 valence electrons. The number of sulfonamides is 1. The molecule has 0 saturated carbocycles. The summed E-state index contributed by atoms with van der Waals surface area (Å²) in [5.74, 6) is -0.135. The lowest BCUT2D eigenvalue weighted by Crippen LogP contribution is -2.18. The highest BCUT2D eigenvalue weighted by molar-refractivity contribution is 7.92. The Morgan fingerprint density at radius 2 is 1.86 bits per heavy atom. The van der Waals surface area contributed by atoms with Crippen LogP contribution >= 0.6 is 0 Å². The van der Waals surface area contributed by atoms with Crippen molar-refractivity contribution in [1.29, 1.82) is 0 Å². The number of benzene rings is 2. The van der Waals surface area contributed by atoms with Crippen molar-refractivity contribution in [1.82, 2.24) is 20.2 Å². The fraction of sp³-hybridized carbons (Fsp3) is 0.188. The van der Waals surface area contributed by atoms with Crippen molar-refractivity contribution in [3.05, 3.63) is 53.9 Å². The first kappa shape index (κ1) is 19.6. The van der Waals surface area contributed by atoms with Crippen LogP contribution in [0.4, 0.5) is 18.9 Å². The second kappa shape index (κ2) is 7.11. The van der Waals surface area contributed by atoms with E-state index in [1.807, 2.05) is 0 Å². The van der Waals surface area contributed by atoms with Gasteiger partial charge in [0.25, 0.3) is 10.0 Å². The molecule has 8 nitrogen and oxygen atoms in total. The normalized spacial score (nSPS) is 12.0. The van der Waals surface area contributed by atoms with Crippen LogP contribution in [-0.4, -0.2) is 35.0 Å². The predicted molar refractivity (Wildman–Crippen MR) is 92.6 cm³/mol. The molecule has 1 heterocycles. The van der Waals surface area contributed by atoms with E-state index < -0.39 is 22.1 Å². The second-order valence-corrected chi connectivity index (χ2v) is 7.45. The molecular weight excluding hydrogens is 399 g/mol. The van der Waals surface area contributed by atoms with Gasteiger partial charge in [0.2, 0.25) is 0 Å². The van der Waals surface area contributed by atoms with Crippen molar-refractivity contribution < 1.29 is 26.3 Å². The lowest BCUT2D eigenvalue weighted by atomic mass is 10.2. The number of halogens is 3. The molecule has 0 atom stereocenters. The summed E-state index contributed by atoms with van der Waals surface area (Å²) in [7, 11) is -4.16. The van der Waals surface area contributed by atoms with Gasteiger partial charge in [0.05, 0.1) is 16.3 Å². The number of rotatable bonds is 5. The molecule has 3 rings (SSSR count). The summed E-state index contributed by atoms with van der Waals surface area (Å²) in [6.07, 6.45) is -4.93. The van der Waals surface area contributed by atoms with E-state index in [4.69, 9.17) is 0 Å². The Kier molecular flexibility index (Phi) is 4.98. The van der Waals surface area contributed by atoms with Crippen LogP contribution in [0.15, 0.2) is 47.4 Å². The van der Waals surface area contributed by atoms with E-state index >= 15 is 0 Å². The number of aryl methyl sites for hydroxylation is 2. The first-order valence-corrected chi connectivity index (χ1v) is 9.28. The van der Waals surface area contributed by atoms with Gasteiger partial charge in [-0.25, -0.2) is 8.42 Å². The highest BCUT2D eigenvalue weighted by Gasteiger charge is 2.31. The van der Waals surface area contributed by atoms with Gasteiger partial charge in [-0.15, -0.1) is 18.3 Å². The molecule has 0 aliphatic heterocycles. The number of hydrogen-bond donors (Lipinski definition) is 1. The van der Waals surface area contributed by atoms with E-state index in [0.717, 1.165) is 29.8 Å². The van der Waals surface area contributed by atoms with Crippen LogP contribution in [0.1, 0.15) is 11.4 Å². The number of tetrazole rings is 1. The van der Waals surface area contributed by atoms with Crippen LogP contribution in [0.5, 0.6) is 5.75 Å². The molecule has 0 unspecified atom stereocenters. The van der Waals surface area contributed by atoms with Gasteiger partial charge >= 0.3 is 6.36 Å². The van der Waals surface area contributed by atoms with E-state index in [1.54, 1.807) is 19.9 Å². The molecule has 1 N–H and O–H groups in total.